The summed E-state index contributed by atoms with van der Waals surface area (Å²) in [4.78, 5) is 28.8. The predicted molar refractivity (Wildman–Crippen MR) is 137 cm³/mol. The summed E-state index contributed by atoms with van der Waals surface area (Å²) in [6.45, 7) is 8.07. The minimum Gasteiger partial charge on any atom is -0.490 e. The topological polar surface area (TPSA) is 94.8 Å². The van der Waals surface area contributed by atoms with E-state index in [1.807, 2.05) is 6.92 Å². The fourth-order valence-electron chi connectivity index (χ4n) is 4.07. The van der Waals surface area contributed by atoms with E-state index < -0.39 is 11.9 Å². The van der Waals surface area contributed by atoms with Crippen LogP contribution in [0.4, 0.5) is 5.13 Å². The van der Waals surface area contributed by atoms with E-state index in [1.165, 1.54) is 16.2 Å². The molecule has 1 unspecified atom stereocenters. The van der Waals surface area contributed by atoms with E-state index in [0.717, 1.165) is 4.47 Å². The van der Waals surface area contributed by atoms with Crippen molar-refractivity contribution in [2.75, 3.05) is 18.1 Å². The Morgan fingerprint density at radius 3 is 2.71 bits per heavy atom. The van der Waals surface area contributed by atoms with Gasteiger partial charge in [-0.2, -0.15) is 0 Å². The fourth-order valence-corrected chi connectivity index (χ4v) is 5.15. The summed E-state index contributed by atoms with van der Waals surface area (Å²) in [6, 6.07) is 9.68. The van der Waals surface area contributed by atoms with Crippen molar-refractivity contribution in [3.8, 4) is 11.5 Å². The third-order valence-corrected chi connectivity index (χ3v) is 6.82. The Balaban J connectivity index is 1.75. The molecule has 0 saturated carbocycles. The van der Waals surface area contributed by atoms with Crippen molar-refractivity contribution in [2.24, 2.45) is 0 Å². The molecule has 178 valence electrons. The SMILES string of the molecule is C=CCOc1ccc(C2c3c(oc4ccc(Br)cc4c3=O)C(=O)N2c2nnc(C)s2)cc1OCC. The number of ether oxygens (including phenoxy) is 2. The molecule has 5 rings (SSSR count). The number of rotatable bonds is 7. The lowest BCUT2D eigenvalue weighted by Crippen LogP contribution is -2.29. The summed E-state index contributed by atoms with van der Waals surface area (Å²) < 4.78 is 18.3. The van der Waals surface area contributed by atoms with E-state index in [0.29, 0.717) is 51.4 Å². The van der Waals surface area contributed by atoms with Gasteiger partial charge in [0.1, 0.15) is 17.2 Å². The van der Waals surface area contributed by atoms with Crippen LogP contribution in [-0.4, -0.2) is 29.3 Å². The number of carbonyl (C=O) groups excluding carboxylic acids is 1. The number of anilines is 1. The quantitative estimate of drug-likeness (QED) is 0.281. The number of hydrogen-bond acceptors (Lipinski definition) is 8. The molecule has 10 heteroatoms. The van der Waals surface area contributed by atoms with Crippen molar-refractivity contribution in [1.82, 2.24) is 10.2 Å². The molecule has 2 aromatic heterocycles. The van der Waals surface area contributed by atoms with E-state index in [-0.39, 0.29) is 16.8 Å². The Bertz CT molecular complexity index is 1530. The van der Waals surface area contributed by atoms with Gasteiger partial charge in [0, 0.05) is 4.47 Å². The van der Waals surface area contributed by atoms with E-state index in [9.17, 15) is 9.59 Å². The Labute approximate surface area is 212 Å². The predicted octanol–water partition coefficient (Wildman–Crippen LogP) is 5.43. The maximum Gasteiger partial charge on any atom is 0.297 e. The second-order valence-electron chi connectivity index (χ2n) is 7.73. The van der Waals surface area contributed by atoms with E-state index in [2.05, 4.69) is 32.7 Å². The van der Waals surface area contributed by atoms with Gasteiger partial charge in [-0.1, -0.05) is 46.0 Å². The average Bonchev–Trinajstić information content (AvgIpc) is 3.39. The smallest absolute Gasteiger partial charge is 0.297 e. The van der Waals surface area contributed by atoms with Gasteiger partial charge >= 0.3 is 0 Å². The molecule has 35 heavy (non-hydrogen) atoms. The molecule has 0 fully saturated rings. The highest BCUT2D eigenvalue weighted by molar-refractivity contribution is 9.10. The third kappa shape index (κ3) is 4.02. The van der Waals surface area contributed by atoms with Crippen LogP contribution in [0.1, 0.15) is 39.7 Å². The highest BCUT2D eigenvalue weighted by Crippen LogP contribution is 2.44. The second kappa shape index (κ2) is 9.27. The molecular weight excluding hydrogens is 534 g/mol. The Hall–Kier alpha value is -3.50. The number of hydrogen-bond donors (Lipinski definition) is 0. The first-order valence-corrected chi connectivity index (χ1v) is 12.4. The van der Waals surface area contributed by atoms with Crippen LogP contribution in [0.25, 0.3) is 11.0 Å². The van der Waals surface area contributed by atoms with Crippen LogP contribution in [0.2, 0.25) is 0 Å². The molecule has 0 bridgehead atoms. The molecular formula is C25H20BrN3O5S. The van der Waals surface area contributed by atoms with Crippen LogP contribution in [0.15, 0.2) is 62.7 Å². The van der Waals surface area contributed by atoms with Gasteiger partial charge < -0.3 is 13.9 Å². The Morgan fingerprint density at radius 2 is 2.00 bits per heavy atom. The number of aryl methyl sites for hydroxylation is 1. The van der Waals surface area contributed by atoms with Gasteiger partial charge in [-0.05, 0) is 49.7 Å². The molecule has 8 nitrogen and oxygen atoms in total. The zero-order chi connectivity index (χ0) is 24.7. The first-order valence-electron chi connectivity index (χ1n) is 10.8. The Morgan fingerprint density at radius 1 is 1.17 bits per heavy atom. The van der Waals surface area contributed by atoms with E-state index in [4.69, 9.17) is 13.9 Å². The number of amides is 1. The van der Waals surface area contributed by atoms with Gasteiger partial charge in [0.15, 0.2) is 16.9 Å². The van der Waals surface area contributed by atoms with Gasteiger partial charge in [-0.3, -0.25) is 14.5 Å². The van der Waals surface area contributed by atoms with Crippen molar-refractivity contribution in [1.29, 1.82) is 0 Å². The van der Waals surface area contributed by atoms with Gasteiger partial charge in [-0.15, -0.1) is 10.2 Å². The number of aromatic nitrogens is 2. The van der Waals surface area contributed by atoms with Crippen LogP contribution in [0.3, 0.4) is 0 Å². The molecule has 0 aliphatic carbocycles. The molecule has 2 aromatic carbocycles. The van der Waals surface area contributed by atoms with E-state index >= 15 is 0 Å². The highest BCUT2D eigenvalue weighted by Gasteiger charge is 2.45. The minimum atomic E-state index is -0.780. The molecule has 1 atom stereocenters. The first kappa shape index (κ1) is 23.3. The van der Waals surface area contributed by atoms with Crippen LogP contribution >= 0.6 is 27.3 Å². The molecule has 3 heterocycles. The largest absolute Gasteiger partial charge is 0.490 e. The van der Waals surface area contributed by atoms with Crippen LogP contribution < -0.4 is 19.8 Å². The number of benzene rings is 2. The average molecular weight is 554 g/mol. The molecule has 0 spiro atoms. The monoisotopic (exact) mass is 553 g/mol. The Kier molecular flexibility index (Phi) is 6.16. The number of fused-ring (bicyclic) bond motifs is 2. The standard InChI is InChI=1S/C25H20BrN3O5S/c1-4-10-33-18-8-6-14(11-19(18)32-5-2)21-20-22(30)16-12-15(26)7-9-17(16)34-23(20)24(31)29(21)25-28-27-13(3)35-25/h4,6-9,11-12,21H,1,5,10H2,2-3H3. The zero-order valence-electron chi connectivity index (χ0n) is 18.9. The molecule has 1 aliphatic rings. The van der Waals surface area contributed by atoms with Gasteiger partial charge in [-0.25, -0.2) is 0 Å². The van der Waals surface area contributed by atoms with E-state index in [1.54, 1.807) is 49.4 Å². The summed E-state index contributed by atoms with van der Waals surface area (Å²) in [5, 5.41) is 9.71. The summed E-state index contributed by atoms with van der Waals surface area (Å²) >= 11 is 4.68. The lowest BCUT2D eigenvalue weighted by Gasteiger charge is -2.23. The van der Waals surface area contributed by atoms with Crippen molar-refractivity contribution >= 4 is 49.3 Å². The minimum absolute atomic E-state index is 0.00683. The normalized spacial score (nSPS) is 14.9. The highest BCUT2D eigenvalue weighted by atomic mass is 79.9. The second-order valence-corrected chi connectivity index (χ2v) is 9.81. The lowest BCUT2D eigenvalue weighted by atomic mass is 9.98. The first-order chi connectivity index (χ1) is 16.9. The van der Waals surface area contributed by atoms with Crippen molar-refractivity contribution in [3.05, 3.63) is 85.6 Å². The van der Waals surface area contributed by atoms with Crippen LogP contribution in [0.5, 0.6) is 11.5 Å². The summed E-state index contributed by atoms with van der Waals surface area (Å²) in [5.41, 5.74) is 0.953. The number of halogens is 1. The molecule has 0 saturated heterocycles. The summed E-state index contributed by atoms with van der Waals surface area (Å²) in [7, 11) is 0. The van der Waals surface area contributed by atoms with Gasteiger partial charge in [0.05, 0.1) is 23.6 Å². The fraction of sp³-hybridized carbons (Fsp3) is 0.200. The number of carbonyl (C=O) groups is 1. The van der Waals surface area contributed by atoms with Crippen LogP contribution in [-0.2, 0) is 0 Å². The molecule has 1 aliphatic heterocycles. The molecule has 1 amide bonds. The molecule has 0 radical (unpaired) electrons. The lowest BCUT2D eigenvalue weighted by molar-refractivity contribution is 0.0970. The maximum absolute atomic E-state index is 13.7. The van der Waals surface area contributed by atoms with Gasteiger partial charge in [0.2, 0.25) is 10.9 Å². The molecule has 4 aromatic rings. The van der Waals surface area contributed by atoms with Crippen molar-refractivity contribution < 1.29 is 18.7 Å². The summed E-state index contributed by atoms with van der Waals surface area (Å²) in [5.74, 6) is 0.572. The van der Waals surface area contributed by atoms with Crippen LogP contribution in [0, 0.1) is 6.92 Å². The van der Waals surface area contributed by atoms with Gasteiger partial charge in [0.25, 0.3) is 5.91 Å². The maximum atomic E-state index is 13.7. The number of nitrogens with zero attached hydrogens (tertiary/aromatic N) is 3. The summed E-state index contributed by atoms with van der Waals surface area (Å²) in [6.07, 6.45) is 1.64. The third-order valence-electron chi connectivity index (χ3n) is 5.49. The zero-order valence-corrected chi connectivity index (χ0v) is 21.3. The van der Waals surface area contributed by atoms with Crippen molar-refractivity contribution in [3.63, 3.8) is 0 Å². The molecule has 0 N–H and O–H groups in total. The van der Waals surface area contributed by atoms with Crippen molar-refractivity contribution in [2.45, 2.75) is 19.9 Å².